The number of hydrogen-bond donors (Lipinski definition) is 0. The Morgan fingerprint density at radius 2 is 1.58 bits per heavy atom. The Bertz CT molecular complexity index is 1230. The van der Waals surface area contributed by atoms with Crippen molar-refractivity contribution in [1.29, 1.82) is 0 Å². The van der Waals surface area contributed by atoms with Gasteiger partial charge in [0.2, 0.25) is 0 Å². The van der Waals surface area contributed by atoms with Crippen molar-refractivity contribution in [3.05, 3.63) is 111 Å². The predicted octanol–water partition coefficient (Wildman–Crippen LogP) is 7.57. The SMILES string of the molecule is O=C(c1ccc(F)cc1)N1N=C2/C(=C/c3ccc(Cl)cc3)CCC[C@@H]2[C@H]1c1ccc(Cl)cc1. The Hall–Kier alpha value is -2.95. The van der Waals surface area contributed by atoms with Crippen molar-refractivity contribution in [3.8, 4) is 0 Å². The summed E-state index contributed by atoms with van der Waals surface area (Å²) >= 11 is 12.2. The van der Waals surface area contributed by atoms with Crippen molar-refractivity contribution in [1.82, 2.24) is 5.01 Å². The molecular formula is C27H21Cl2FN2O. The molecule has 1 fully saturated rings. The molecule has 0 radical (unpaired) electrons. The minimum atomic E-state index is -0.379. The van der Waals surface area contributed by atoms with Crippen LogP contribution in [0.1, 0.15) is 46.8 Å². The van der Waals surface area contributed by atoms with Crippen molar-refractivity contribution in [2.75, 3.05) is 0 Å². The number of halogens is 3. The number of rotatable bonds is 3. The Balaban J connectivity index is 1.57. The average Bonchev–Trinajstić information content (AvgIpc) is 3.22. The fraction of sp³-hybridized carbons (Fsp3) is 0.185. The third kappa shape index (κ3) is 4.46. The van der Waals surface area contributed by atoms with Gasteiger partial charge in [-0.3, -0.25) is 4.79 Å². The lowest BCUT2D eigenvalue weighted by Gasteiger charge is -2.29. The van der Waals surface area contributed by atoms with E-state index in [1.165, 1.54) is 24.3 Å². The Morgan fingerprint density at radius 3 is 2.24 bits per heavy atom. The van der Waals surface area contributed by atoms with E-state index in [2.05, 4.69) is 6.08 Å². The predicted molar refractivity (Wildman–Crippen MR) is 131 cm³/mol. The molecule has 0 N–H and O–H groups in total. The van der Waals surface area contributed by atoms with Crippen LogP contribution >= 0.6 is 23.2 Å². The number of allylic oxidation sites excluding steroid dienone is 1. The molecule has 2 atom stereocenters. The summed E-state index contributed by atoms with van der Waals surface area (Å²) in [5, 5.41) is 7.76. The van der Waals surface area contributed by atoms with Crippen LogP contribution in [-0.2, 0) is 0 Å². The molecule has 5 rings (SSSR count). The lowest BCUT2D eigenvalue weighted by Crippen LogP contribution is -2.31. The third-order valence-corrected chi connectivity index (χ3v) is 6.73. The van der Waals surface area contributed by atoms with Crippen LogP contribution < -0.4 is 0 Å². The first-order valence-electron chi connectivity index (χ1n) is 10.9. The first-order valence-corrected chi connectivity index (χ1v) is 11.6. The molecular weight excluding hydrogens is 458 g/mol. The lowest BCUT2D eigenvalue weighted by molar-refractivity contribution is 0.0681. The van der Waals surface area contributed by atoms with Crippen LogP contribution in [-0.4, -0.2) is 16.6 Å². The van der Waals surface area contributed by atoms with Crippen molar-refractivity contribution in [2.45, 2.75) is 25.3 Å². The van der Waals surface area contributed by atoms with Crippen LogP contribution in [0, 0.1) is 11.7 Å². The quantitative estimate of drug-likeness (QED) is 0.381. The Morgan fingerprint density at radius 1 is 0.939 bits per heavy atom. The maximum absolute atomic E-state index is 13.5. The summed E-state index contributed by atoms with van der Waals surface area (Å²) in [7, 11) is 0. The van der Waals surface area contributed by atoms with E-state index in [0.29, 0.717) is 15.6 Å². The van der Waals surface area contributed by atoms with Crippen LogP contribution in [0.25, 0.3) is 6.08 Å². The molecule has 33 heavy (non-hydrogen) atoms. The zero-order chi connectivity index (χ0) is 22.9. The average molecular weight is 479 g/mol. The van der Waals surface area contributed by atoms with Gasteiger partial charge in [-0.1, -0.05) is 47.5 Å². The lowest BCUT2D eigenvalue weighted by atomic mass is 9.77. The molecule has 2 aliphatic rings. The number of fused-ring (bicyclic) bond motifs is 1. The number of hydrazone groups is 1. The number of carbonyl (C=O) groups excluding carboxylic acids is 1. The highest BCUT2D eigenvalue weighted by atomic mass is 35.5. The number of hydrogen-bond acceptors (Lipinski definition) is 2. The number of amides is 1. The molecule has 3 aromatic rings. The topological polar surface area (TPSA) is 32.7 Å². The van der Waals surface area contributed by atoms with Gasteiger partial charge < -0.3 is 0 Å². The zero-order valence-corrected chi connectivity index (χ0v) is 19.2. The molecule has 166 valence electrons. The summed E-state index contributed by atoms with van der Waals surface area (Å²) in [5.41, 5.74) is 4.49. The van der Waals surface area contributed by atoms with Crippen LogP contribution in [0.2, 0.25) is 10.0 Å². The maximum atomic E-state index is 13.5. The Kier molecular flexibility index (Phi) is 6.05. The highest BCUT2D eigenvalue weighted by molar-refractivity contribution is 6.30. The smallest absolute Gasteiger partial charge is 0.267 e. The van der Waals surface area contributed by atoms with Crippen LogP contribution in [0.3, 0.4) is 0 Å². The standard InChI is InChI=1S/C27H21Cl2FN2O/c28-21-10-4-17(5-11-21)16-20-2-1-3-24-25(20)31-32(26(24)18-6-12-22(29)13-7-18)27(33)19-8-14-23(30)15-9-19/h4-16,24,26H,1-3H2/b20-16+/t24-,26+/m0/s1. The molecule has 1 aliphatic heterocycles. The van der Waals surface area contributed by atoms with E-state index in [1.54, 1.807) is 5.01 Å². The number of nitrogens with zero attached hydrogens (tertiary/aromatic N) is 2. The monoisotopic (exact) mass is 478 g/mol. The highest BCUT2D eigenvalue weighted by Crippen LogP contribution is 2.45. The van der Waals surface area contributed by atoms with Crippen molar-refractivity contribution >= 4 is 40.9 Å². The Labute approximate surface area is 202 Å². The molecule has 1 heterocycles. The van der Waals surface area contributed by atoms with Gasteiger partial charge in [0.1, 0.15) is 5.82 Å². The largest absolute Gasteiger partial charge is 0.274 e. The molecule has 1 amide bonds. The van der Waals surface area contributed by atoms with Crippen molar-refractivity contribution < 1.29 is 9.18 Å². The van der Waals surface area contributed by atoms with Crippen LogP contribution in [0.4, 0.5) is 4.39 Å². The van der Waals surface area contributed by atoms with Gasteiger partial charge >= 0.3 is 0 Å². The summed E-state index contributed by atoms with van der Waals surface area (Å²) in [6.45, 7) is 0. The fourth-order valence-corrected chi connectivity index (χ4v) is 4.90. The van der Waals surface area contributed by atoms with E-state index in [0.717, 1.165) is 41.7 Å². The molecule has 0 saturated heterocycles. The van der Waals surface area contributed by atoms with E-state index >= 15 is 0 Å². The number of benzene rings is 3. The van der Waals surface area contributed by atoms with Gasteiger partial charge in [0.25, 0.3) is 5.91 Å². The fourth-order valence-electron chi connectivity index (χ4n) is 4.65. The summed E-state index contributed by atoms with van der Waals surface area (Å²) in [4.78, 5) is 13.5. The van der Waals surface area contributed by atoms with Crippen molar-refractivity contribution in [2.24, 2.45) is 11.0 Å². The van der Waals surface area contributed by atoms with Gasteiger partial charge in [-0.15, -0.1) is 0 Å². The van der Waals surface area contributed by atoms with Crippen LogP contribution in [0.5, 0.6) is 0 Å². The summed E-state index contributed by atoms with van der Waals surface area (Å²) in [6.07, 6.45) is 4.96. The summed E-state index contributed by atoms with van der Waals surface area (Å²) in [6, 6.07) is 20.6. The van der Waals surface area contributed by atoms with E-state index in [1.807, 2.05) is 48.5 Å². The second-order valence-corrected chi connectivity index (χ2v) is 9.23. The minimum absolute atomic E-state index is 0.0721. The normalized spacial score (nSPS) is 21.1. The molecule has 6 heteroatoms. The highest BCUT2D eigenvalue weighted by Gasteiger charge is 2.43. The van der Waals surface area contributed by atoms with E-state index in [9.17, 15) is 9.18 Å². The maximum Gasteiger partial charge on any atom is 0.274 e. The number of carbonyl (C=O) groups is 1. The van der Waals surface area contributed by atoms with Gasteiger partial charge in [0.05, 0.1) is 11.8 Å². The molecule has 0 spiro atoms. The van der Waals surface area contributed by atoms with Crippen molar-refractivity contribution in [3.63, 3.8) is 0 Å². The van der Waals surface area contributed by atoms with Gasteiger partial charge in [-0.2, -0.15) is 5.10 Å². The molecule has 3 nitrogen and oxygen atoms in total. The first kappa shape index (κ1) is 21.9. The molecule has 0 unspecified atom stereocenters. The summed E-state index contributed by atoms with van der Waals surface area (Å²) in [5.74, 6) is -0.555. The first-order chi connectivity index (χ1) is 16.0. The molecule has 0 aromatic heterocycles. The van der Waals surface area contributed by atoms with E-state index in [-0.39, 0.29) is 23.7 Å². The van der Waals surface area contributed by atoms with Gasteiger partial charge in [-0.05, 0) is 90.6 Å². The van der Waals surface area contributed by atoms with Gasteiger partial charge in [-0.25, -0.2) is 9.40 Å². The van der Waals surface area contributed by atoms with E-state index < -0.39 is 0 Å². The summed E-state index contributed by atoms with van der Waals surface area (Å²) < 4.78 is 13.5. The van der Waals surface area contributed by atoms with Crippen LogP contribution in [0.15, 0.2) is 83.5 Å². The van der Waals surface area contributed by atoms with E-state index in [4.69, 9.17) is 28.3 Å². The molecule has 1 aliphatic carbocycles. The molecule has 1 saturated carbocycles. The minimum Gasteiger partial charge on any atom is -0.267 e. The second-order valence-electron chi connectivity index (χ2n) is 8.36. The van der Waals surface area contributed by atoms with Gasteiger partial charge in [0.15, 0.2) is 0 Å². The zero-order valence-electron chi connectivity index (χ0n) is 17.7. The molecule has 0 bridgehead atoms. The second kappa shape index (κ2) is 9.12. The van der Waals surface area contributed by atoms with Gasteiger partial charge in [0, 0.05) is 21.5 Å². The molecule has 3 aromatic carbocycles. The third-order valence-electron chi connectivity index (χ3n) is 6.22.